The molecule has 0 fully saturated rings. The number of aromatic nitrogens is 2. The largest absolute Gasteiger partial charge is 0.366 e. The predicted octanol–water partition coefficient (Wildman–Crippen LogP) is 4.76. The number of nitrogens with zero attached hydrogens (tertiary/aromatic N) is 2. The van der Waals surface area contributed by atoms with Gasteiger partial charge in [0.05, 0.1) is 0 Å². The lowest BCUT2D eigenvalue weighted by Crippen LogP contribution is -2.05. The van der Waals surface area contributed by atoms with E-state index in [4.69, 9.17) is 0 Å². The van der Waals surface area contributed by atoms with Gasteiger partial charge in [0, 0.05) is 18.3 Å². The summed E-state index contributed by atoms with van der Waals surface area (Å²) in [5, 5.41) is 6.69. The summed E-state index contributed by atoms with van der Waals surface area (Å²) in [5.41, 5.74) is 4.74. The first-order chi connectivity index (χ1) is 11.6. The Labute approximate surface area is 143 Å². The quantitative estimate of drug-likeness (QED) is 0.712. The van der Waals surface area contributed by atoms with Gasteiger partial charge in [0.2, 0.25) is 0 Å². The monoisotopic (exact) mass is 318 g/mol. The van der Waals surface area contributed by atoms with Gasteiger partial charge in [-0.3, -0.25) is 0 Å². The zero-order valence-electron chi connectivity index (χ0n) is 14.3. The summed E-state index contributed by atoms with van der Waals surface area (Å²) in [4.78, 5) is 8.92. The molecular formula is C20H22N4. The van der Waals surface area contributed by atoms with Crippen LogP contribution in [0.3, 0.4) is 0 Å². The highest BCUT2D eigenvalue weighted by molar-refractivity contribution is 5.59. The summed E-state index contributed by atoms with van der Waals surface area (Å²) in [7, 11) is 0. The first-order valence-corrected chi connectivity index (χ1v) is 8.07. The average Bonchev–Trinajstić information content (AvgIpc) is 2.56. The number of nitrogens with one attached hydrogen (secondary N) is 2. The Balaban J connectivity index is 1.71. The van der Waals surface area contributed by atoms with Crippen LogP contribution in [0.2, 0.25) is 0 Å². The molecular weight excluding hydrogens is 296 g/mol. The molecule has 0 atom stereocenters. The molecule has 2 aromatic carbocycles. The topological polar surface area (TPSA) is 49.8 Å². The number of benzene rings is 2. The van der Waals surface area contributed by atoms with E-state index in [0.29, 0.717) is 0 Å². The van der Waals surface area contributed by atoms with Crippen LogP contribution in [-0.2, 0) is 6.54 Å². The van der Waals surface area contributed by atoms with Crippen LogP contribution in [0.4, 0.5) is 17.3 Å². The van der Waals surface area contributed by atoms with Crippen molar-refractivity contribution in [3.8, 4) is 0 Å². The standard InChI is InChI=1S/C20H22N4/c1-14-4-8-17(9-5-14)13-21-19-12-20(23-16(3)22-19)24-18-10-6-15(2)7-11-18/h4-12H,13H2,1-3H3,(H2,21,22,23,24). The fourth-order valence-corrected chi connectivity index (χ4v) is 2.41. The summed E-state index contributed by atoms with van der Waals surface area (Å²) in [6.45, 7) is 6.80. The van der Waals surface area contributed by atoms with Crippen LogP contribution in [0.15, 0.2) is 54.6 Å². The van der Waals surface area contributed by atoms with Crippen molar-refractivity contribution < 1.29 is 0 Å². The third kappa shape index (κ3) is 4.32. The number of anilines is 3. The van der Waals surface area contributed by atoms with Gasteiger partial charge in [0.1, 0.15) is 17.5 Å². The molecule has 4 heteroatoms. The van der Waals surface area contributed by atoms with Gasteiger partial charge in [0.15, 0.2) is 0 Å². The van der Waals surface area contributed by atoms with E-state index in [-0.39, 0.29) is 0 Å². The molecule has 0 spiro atoms. The summed E-state index contributed by atoms with van der Waals surface area (Å²) >= 11 is 0. The van der Waals surface area contributed by atoms with Crippen molar-refractivity contribution in [3.05, 3.63) is 77.1 Å². The Morgan fingerprint density at radius 3 is 2.00 bits per heavy atom. The van der Waals surface area contributed by atoms with Crippen LogP contribution in [0.25, 0.3) is 0 Å². The van der Waals surface area contributed by atoms with Crippen molar-refractivity contribution in [2.75, 3.05) is 10.6 Å². The van der Waals surface area contributed by atoms with Crippen LogP contribution < -0.4 is 10.6 Å². The molecule has 122 valence electrons. The van der Waals surface area contributed by atoms with Crippen LogP contribution in [-0.4, -0.2) is 9.97 Å². The van der Waals surface area contributed by atoms with Crippen molar-refractivity contribution in [1.82, 2.24) is 9.97 Å². The van der Waals surface area contributed by atoms with Crippen molar-refractivity contribution in [1.29, 1.82) is 0 Å². The minimum atomic E-state index is 0.735. The molecule has 0 saturated carbocycles. The van der Waals surface area contributed by atoms with Crippen molar-refractivity contribution in [3.63, 3.8) is 0 Å². The third-order valence-electron chi connectivity index (χ3n) is 3.76. The average molecular weight is 318 g/mol. The molecule has 0 unspecified atom stereocenters. The predicted molar refractivity (Wildman–Crippen MR) is 99.7 cm³/mol. The molecule has 2 N–H and O–H groups in total. The molecule has 4 nitrogen and oxygen atoms in total. The van der Waals surface area contributed by atoms with Crippen molar-refractivity contribution >= 4 is 17.3 Å². The lowest BCUT2D eigenvalue weighted by atomic mass is 10.1. The minimum Gasteiger partial charge on any atom is -0.366 e. The molecule has 0 radical (unpaired) electrons. The molecule has 3 aromatic rings. The van der Waals surface area contributed by atoms with E-state index in [1.807, 2.05) is 25.1 Å². The maximum atomic E-state index is 4.46. The zero-order valence-corrected chi connectivity index (χ0v) is 14.3. The molecule has 0 aliphatic rings. The second kappa shape index (κ2) is 7.13. The highest BCUT2D eigenvalue weighted by Crippen LogP contribution is 2.18. The number of hydrogen-bond donors (Lipinski definition) is 2. The van der Waals surface area contributed by atoms with Gasteiger partial charge in [-0.15, -0.1) is 0 Å². The normalized spacial score (nSPS) is 10.5. The van der Waals surface area contributed by atoms with Crippen LogP contribution >= 0.6 is 0 Å². The van der Waals surface area contributed by atoms with Crippen LogP contribution in [0, 0.1) is 20.8 Å². The van der Waals surface area contributed by atoms with Crippen LogP contribution in [0.1, 0.15) is 22.5 Å². The van der Waals surface area contributed by atoms with Crippen molar-refractivity contribution in [2.24, 2.45) is 0 Å². The van der Waals surface area contributed by atoms with E-state index in [2.05, 4.69) is 70.8 Å². The number of rotatable bonds is 5. The fourth-order valence-electron chi connectivity index (χ4n) is 2.41. The highest BCUT2D eigenvalue weighted by atomic mass is 15.1. The summed E-state index contributed by atoms with van der Waals surface area (Å²) in [6, 6.07) is 18.7. The summed E-state index contributed by atoms with van der Waals surface area (Å²) in [6.07, 6.45) is 0. The van der Waals surface area contributed by atoms with Crippen LogP contribution in [0.5, 0.6) is 0 Å². The second-order valence-electron chi connectivity index (χ2n) is 6.02. The molecule has 3 rings (SSSR count). The van der Waals surface area contributed by atoms with E-state index in [0.717, 1.165) is 29.7 Å². The van der Waals surface area contributed by atoms with Crippen molar-refractivity contribution in [2.45, 2.75) is 27.3 Å². The smallest absolute Gasteiger partial charge is 0.136 e. The van der Waals surface area contributed by atoms with E-state index in [1.54, 1.807) is 0 Å². The molecule has 0 aliphatic heterocycles. The van der Waals surface area contributed by atoms with E-state index in [9.17, 15) is 0 Å². The Bertz CT molecular complexity index is 808. The van der Waals surface area contributed by atoms with Gasteiger partial charge in [-0.1, -0.05) is 47.5 Å². The fraction of sp³-hybridized carbons (Fsp3) is 0.200. The molecule has 0 amide bonds. The summed E-state index contributed by atoms with van der Waals surface area (Å²) < 4.78 is 0. The zero-order chi connectivity index (χ0) is 16.9. The summed E-state index contributed by atoms with van der Waals surface area (Å²) in [5.74, 6) is 2.34. The number of aryl methyl sites for hydroxylation is 3. The molecule has 0 bridgehead atoms. The first-order valence-electron chi connectivity index (χ1n) is 8.07. The third-order valence-corrected chi connectivity index (χ3v) is 3.76. The highest BCUT2D eigenvalue weighted by Gasteiger charge is 2.03. The van der Waals surface area contributed by atoms with Gasteiger partial charge in [-0.2, -0.15) is 0 Å². The first kappa shape index (κ1) is 16.0. The molecule has 24 heavy (non-hydrogen) atoms. The Kier molecular flexibility index (Phi) is 4.75. The SMILES string of the molecule is Cc1ccc(CNc2cc(Nc3ccc(C)cc3)nc(C)n2)cc1. The van der Waals surface area contributed by atoms with E-state index < -0.39 is 0 Å². The molecule has 1 aromatic heterocycles. The maximum absolute atomic E-state index is 4.46. The Morgan fingerprint density at radius 2 is 1.33 bits per heavy atom. The van der Waals surface area contributed by atoms with Gasteiger partial charge in [-0.25, -0.2) is 9.97 Å². The van der Waals surface area contributed by atoms with Gasteiger partial charge >= 0.3 is 0 Å². The van der Waals surface area contributed by atoms with Gasteiger partial charge in [0.25, 0.3) is 0 Å². The lowest BCUT2D eigenvalue weighted by Gasteiger charge is -2.11. The van der Waals surface area contributed by atoms with Gasteiger partial charge in [-0.05, 0) is 38.5 Å². The van der Waals surface area contributed by atoms with E-state index in [1.165, 1.54) is 16.7 Å². The van der Waals surface area contributed by atoms with E-state index >= 15 is 0 Å². The maximum Gasteiger partial charge on any atom is 0.136 e. The molecule has 0 aliphatic carbocycles. The number of hydrogen-bond acceptors (Lipinski definition) is 4. The molecule has 1 heterocycles. The molecule has 0 saturated heterocycles. The Morgan fingerprint density at radius 1 is 0.750 bits per heavy atom. The minimum absolute atomic E-state index is 0.735. The Hall–Kier alpha value is -2.88. The second-order valence-corrected chi connectivity index (χ2v) is 6.02. The van der Waals surface area contributed by atoms with Gasteiger partial charge < -0.3 is 10.6 Å². The lowest BCUT2D eigenvalue weighted by molar-refractivity contribution is 1.02.